The van der Waals surface area contributed by atoms with E-state index in [-0.39, 0.29) is 22.4 Å². The van der Waals surface area contributed by atoms with Crippen LogP contribution in [0.2, 0.25) is 0 Å². The van der Waals surface area contributed by atoms with E-state index in [1.54, 1.807) is 0 Å². The fourth-order valence-electron chi connectivity index (χ4n) is 2.04. The van der Waals surface area contributed by atoms with Gasteiger partial charge in [0.15, 0.2) is 9.84 Å². The molecule has 1 aliphatic rings. The monoisotopic (exact) mass is 273 g/mol. The lowest BCUT2D eigenvalue weighted by Crippen LogP contribution is -2.14. The first-order chi connectivity index (χ1) is 8.47. The smallest absolute Gasteiger partial charge is 0.178 e. The highest BCUT2D eigenvalue weighted by molar-refractivity contribution is 7.91. The predicted molar refractivity (Wildman–Crippen MR) is 66.5 cm³/mol. The van der Waals surface area contributed by atoms with Gasteiger partial charge in [-0.25, -0.2) is 12.8 Å². The Morgan fingerprint density at radius 3 is 2.78 bits per heavy atom. The van der Waals surface area contributed by atoms with Crippen LogP contribution in [-0.4, -0.2) is 26.9 Å². The molecule has 6 heteroatoms. The first-order valence-electron chi connectivity index (χ1n) is 5.88. The van der Waals surface area contributed by atoms with Crippen molar-refractivity contribution in [2.75, 3.05) is 18.1 Å². The second-order valence-corrected chi connectivity index (χ2v) is 6.57. The zero-order valence-corrected chi connectivity index (χ0v) is 10.7. The first kappa shape index (κ1) is 13.3. The van der Waals surface area contributed by atoms with E-state index < -0.39 is 15.7 Å². The lowest BCUT2D eigenvalue weighted by molar-refractivity contribution is 0.109. The Balaban J connectivity index is 2.09. The van der Waals surface area contributed by atoms with Crippen molar-refractivity contribution in [3.63, 3.8) is 0 Å². The van der Waals surface area contributed by atoms with Crippen molar-refractivity contribution in [2.24, 2.45) is 0 Å². The highest BCUT2D eigenvalue weighted by Gasteiger charge is 2.21. The van der Waals surface area contributed by atoms with Crippen molar-refractivity contribution in [3.8, 4) is 0 Å². The van der Waals surface area contributed by atoms with E-state index in [9.17, 15) is 12.8 Å². The van der Waals surface area contributed by atoms with Crippen LogP contribution in [0.3, 0.4) is 0 Å². The largest absolute Gasteiger partial charge is 0.399 e. The van der Waals surface area contributed by atoms with Crippen LogP contribution in [0.1, 0.15) is 19.3 Å². The highest BCUT2D eigenvalue weighted by Crippen LogP contribution is 2.21. The maximum absolute atomic E-state index is 13.1. The number of rotatable bonds is 4. The Morgan fingerprint density at radius 1 is 1.39 bits per heavy atom. The molecule has 2 rings (SSSR count). The minimum Gasteiger partial charge on any atom is -0.399 e. The van der Waals surface area contributed by atoms with E-state index in [0.29, 0.717) is 13.0 Å². The van der Waals surface area contributed by atoms with Crippen LogP contribution in [0.5, 0.6) is 0 Å². The molecule has 1 unspecified atom stereocenters. The van der Waals surface area contributed by atoms with Gasteiger partial charge in [-0.05, 0) is 37.5 Å². The number of nitrogen functional groups attached to an aromatic ring is 1. The van der Waals surface area contributed by atoms with Gasteiger partial charge >= 0.3 is 0 Å². The van der Waals surface area contributed by atoms with Gasteiger partial charge in [0.05, 0.1) is 16.8 Å². The second-order valence-electron chi connectivity index (χ2n) is 4.46. The number of hydrogen-bond donors (Lipinski definition) is 1. The molecule has 4 nitrogen and oxygen atoms in total. The lowest BCUT2D eigenvalue weighted by atomic mass is 10.2. The summed E-state index contributed by atoms with van der Waals surface area (Å²) in [6, 6.07) is 3.38. The lowest BCUT2D eigenvalue weighted by Gasteiger charge is -2.10. The molecule has 0 saturated carbocycles. The van der Waals surface area contributed by atoms with Crippen LogP contribution >= 0.6 is 0 Å². The summed E-state index contributed by atoms with van der Waals surface area (Å²) in [6.45, 7) is 0.692. The third-order valence-electron chi connectivity index (χ3n) is 2.99. The topological polar surface area (TPSA) is 69.4 Å². The summed E-state index contributed by atoms with van der Waals surface area (Å²) < 4.78 is 42.5. The third-order valence-corrected chi connectivity index (χ3v) is 4.71. The molecule has 2 N–H and O–H groups in total. The Bertz CT molecular complexity index is 504. The minimum atomic E-state index is -3.49. The molecule has 100 valence electrons. The molecule has 0 radical (unpaired) electrons. The third kappa shape index (κ3) is 3.20. The molecule has 1 aromatic carbocycles. The maximum Gasteiger partial charge on any atom is 0.178 e. The van der Waals surface area contributed by atoms with Crippen molar-refractivity contribution >= 4 is 15.5 Å². The molecule has 0 aliphatic carbocycles. The minimum absolute atomic E-state index is 0.00526. The molecule has 1 fully saturated rings. The number of ether oxygens (including phenoxy) is 1. The van der Waals surface area contributed by atoms with Gasteiger partial charge in [0.1, 0.15) is 5.82 Å². The Labute approximate surface area is 106 Å². The molecule has 0 aromatic heterocycles. The van der Waals surface area contributed by atoms with Gasteiger partial charge in [0.25, 0.3) is 0 Å². The second kappa shape index (κ2) is 5.24. The fraction of sp³-hybridized carbons (Fsp3) is 0.500. The van der Waals surface area contributed by atoms with Crippen molar-refractivity contribution in [1.82, 2.24) is 0 Å². The SMILES string of the molecule is Nc1cc(F)cc(S(=O)(=O)CCC2CCCO2)c1. The van der Waals surface area contributed by atoms with Crippen LogP contribution < -0.4 is 5.73 Å². The number of anilines is 1. The summed E-state index contributed by atoms with van der Waals surface area (Å²) in [5.74, 6) is -0.675. The van der Waals surface area contributed by atoms with E-state index >= 15 is 0 Å². The fourth-order valence-corrected chi connectivity index (χ4v) is 3.46. The van der Waals surface area contributed by atoms with E-state index in [1.807, 2.05) is 0 Å². The summed E-state index contributed by atoms with van der Waals surface area (Å²) in [5, 5.41) is 0. The molecule has 18 heavy (non-hydrogen) atoms. The Morgan fingerprint density at radius 2 is 2.17 bits per heavy atom. The van der Waals surface area contributed by atoms with E-state index in [0.717, 1.165) is 25.0 Å². The van der Waals surface area contributed by atoms with Crippen LogP contribution in [0.15, 0.2) is 23.1 Å². The molecule has 1 aliphatic heterocycles. The van der Waals surface area contributed by atoms with Crippen LogP contribution in [0.25, 0.3) is 0 Å². The summed E-state index contributed by atoms with van der Waals surface area (Å²) in [5.41, 5.74) is 5.56. The summed E-state index contributed by atoms with van der Waals surface area (Å²) in [4.78, 5) is -0.0574. The number of sulfone groups is 1. The molecular weight excluding hydrogens is 257 g/mol. The van der Waals surface area contributed by atoms with E-state index in [2.05, 4.69) is 0 Å². The molecule has 0 amide bonds. The molecule has 1 saturated heterocycles. The van der Waals surface area contributed by atoms with Crippen molar-refractivity contribution < 1.29 is 17.5 Å². The van der Waals surface area contributed by atoms with Crippen molar-refractivity contribution in [1.29, 1.82) is 0 Å². The molecular formula is C12H16FNO3S. The Kier molecular flexibility index (Phi) is 3.87. The summed E-state index contributed by atoms with van der Waals surface area (Å²) >= 11 is 0. The van der Waals surface area contributed by atoms with E-state index in [1.165, 1.54) is 6.07 Å². The van der Waals surface area contributed by atoms with Gasteiger partial charge in [0, 0.05) is 12.3 Å². The molecule has 1 aromatic rings. The van der Waals surface area contributed by atoms with E-state index in [4.69, 9.17) is 10.5 Å². The van der Waals surface area contributed by atoms with Gasteiger partial charge in [-0.1, -0.05) is 0 Å². The molecule has 1 atom stereocenters. The molecule has 1 heterocycles. The average molecular weight is 273 g/mol. The molecule has 0 spiro atoms. The van der Waals surface area contributed by atoms with Gasteiger partial charge < -0.3 is 10.5 Å². The summed E-state index contributed by atoms with van der Waals surface area (Å²) in [7, 11) is -3.49. The van der Waals surface area contributed by atoms with Crippen molar-refractivity contribution in [2.45, 2.75) is 30.3 Å². The number of hydrogen-bond acceptors (Lipinski definition) is 4. The highest BCUT2D eigenvalue weighted by atomic mass is 32.2. The summed E-state index contributed by atoms with van der Waals surface area (Å²) in [6.07, 6.45) is 2.31. The van der Waals surface area contributed by atoms with Crippen molar-refractivity contribution in [3.05, 3.63) is 24.0 Å². The van der Waals surface area contributed by atoms with Gasteiger partial charge in [-0.3, -0.25) is 0 Å². The van der Waals surface area contributed by atoms with Crippen LogP contribution in [0, 0.1) is 5.82 Å². The average Bonchev–Trinajstić information content (AvgIpc) is 2.78. The van der Waals surface area contributed by atoms with Gasteiger partial charge in [-0.15, -0.1) is 0 Å². The zero-order chi connectivity index (χ0) is 13.2. The zero-order valence-electron chi connectivity index (χ0n) is 9.93. The maximum atomic E-state index is 13.1. The Hall–Kier alpha value is -1.14. The van der Waals surface area contributed by atoms with Gasteiger partial charge in [-0.2, -0.15) is 0 Å². The van der Waals surface area contributed by atoms with Gasteiger partial charge in [0.2, 0.25) is 0 Å². The first-order valence-corrected chi connectivity index (χ1v) is 7.53. The predicted octanol–water partition coefficient (Wildman–Crippen LogP) is 1.75. The number of benzene rings is 1. The quantitative estimate of drug-likeness (QED) is 0.849. The van der Waals surface area contributed by atoms with Crippen LogP contribution in [0.4, 0.5) is 10.1 Å². The normalized spacial score (nSPS) is 20.2. The standard InChI is InChI=1S/C12H16FNO3S/c13-9-6-10(14)8-12(7-9)18(15,16)5-3-11-2-1-4-17-11/h6-8,11H,1-5,14H2. The number of halogens is 1. The number of nitrogens with two attached hydrogens (primary N) is 1. The molecule has 0 bridgehead atoms. The van der Waals surface area contributed by atoms with Crippen LogP contribution in [-0.2, 0) is 14.6 Å².